The van der Waals surface area contributed by atoms with Crippen molar-refractivity contribution >= 4 is 11.6 Å². The molecule has 1 atom stereocenters. The third-order valence-electron chi connectivity index (χ3n) is 5.01. The molecular formula is C26H29NO2. The van der Waals surface area contributed by atoms with E-state index in [4.69, 9.17) is 4.74 Å². The molecule has 0 heterocycles. The molecule has 0 aromatic heterocycles. The minimum Gasteiger partial charge on any atom is -0.489 e. The fraction of sp³-hybridized carbons (Fsp3) is 0.269. The predicted molar refractivity (Wildman–Crippen MR) is 119 cm³/mol. The maximum atomic E-state index is 11.6. The number of hydrogen-bond acceptors (Lipinski definition) is 2. The zero-order valence-electron chi connectivity index (χ0n) is 17.2. The van der Waals surface area contributed by atoms with Crippen LogP contribution in [0.2, 0.25) is 0 Å². The van der Waals surface area contributed by atoms with Crippen LogP contribution in [0.5, 0.6) is 5.75 Å². The summed E-state index contributed by atoms with van der Waals surface area (Å²) in [6.45, 7) is 4.27. The van der Waals surface area contributed by atoms with E-state index in [0.717, 1.165) is 36.3 Å². The Bertz CT molecular complexity index is 907. The number of nitrogens with one attached hydrogen (secondary N) is 1. The van der Waals surface area contributed by atoms with E-state index in [9.17, 15) is 4.79 Å². The number of anilines is 1. The Balaban J connectivity index is 1.67. The van der Waals surface area contributed by atoms with Crippen molar-refractivity contribution in [2.45, 2.75) is 45.6 Å². The van der Waals surface area contributed by atoms with Crippen molar-refractivity contribution in [2.24, 2.45) is 0 Å². The van der Waals surface area contributed by atoms with E-state index >= 15 is 0 Å². The number of amides is 1. The van der Waals surface area contributed by atoms with E-state index < -0.39 is 0 Å². The average molecular weight is 388 g/mol. The SMILES string of the molecule is CC(=O)Nc1cc(OCc2ccccc2)cc(C(C)CCCc2ccccc2)c1. The van der Waals surface area contributed by atoms with Crippen LogP contribution in [-0.4, -0.2) is 5.91 Å². The summed E-state index contributed by atoms with van der Waals surface area (Å²) in [5.41, 5.74) is 4.47. The zero-order chi connectivity index (χ0) is 20.5. The summed E-state index contributed by atoms with van der Waals surface area (Å²) in [5.74, 6) is 1.09. The fourth-order valence-electron chi connectivity index (χ4n) is 3.43. The molecule has 150 valence electrons. The molecule has 0 spiro atoms. The van der Waals surface area contributed by atoms with Crippen molar-refractivity contribution in [3.8, 4) is 5.75 Å². The average Bonchev–Trinajstić information content (AvgIpc) is 2.73. The standard InChI is InChI=1S/C26H29NO2/c1-20(10-9-15-22-11-5-3-6-12-22)24-16-25(27-21(2)28)18-26(17-24)29-19-23-13-7-4-8-14-23/h3-8,11-14,16-18,20H,9-10,15,19H2,1-2H3,(H,27,28). The Morgan fingerprint density at radius 3 is 2.24 bits per heavy atom. The molecule has 29 heavy (non-hydrogen) atoms. The summed E-state index contributed by atoms with van der Waals surface area (Å²) in [6, 6.07) is 26.7. The molecule has 0 aliphatic heterocycles. The molecule has 1 amide bonds. The first-order valence-corrected chi connectivity index (χ1v) is 10.2. The Kier molecular flexibility index (Phi) is 7.46. The minimum absolute atomic E-state index is 0.0760. The number of aryl methyl sites for hydroxylation is 1. The second-order valence-electron chi connectivity index (χ2n) is 7.53. The molecular weight excluding hydrogens is 358 g/mol. The van der Waals surface area contributed by atoms with Gasteiger partial charge in [0, 0.05) is 18.7 Å². The summed E-state index contributed by atoms with van der Waals surface area (Å²) in [5, 5.41) is 2.90. The van der Waals surface area contributed by atoms with Crippen molar-refractivity contribution in [3.63, 3.8) is 0 Å². The van der Waals surface area contributed by atoms with Crippen LogP contribution in [0.4, 0.5) is 5.69 Å². The van der Waals surface area contributed by atoms with Crippen LogP contribution < -0.4 is 10.1 Å². The van der Waals surface area contributed by atoms with Gasteiger partial charge >= 0.3 is 0 Å². The maximum absolute atomic E-state index is 11.6. The van der Waals surface area contributed by atoms with Crippen LogP contribution in [0, 0.1) is 0 Å². The number of carbonyl (C=O) groups is 1. The molecule has 3 aromatic carbocycles. The van der Waals surface area contributed by atoms with E-state index in [1.54, 1.807) is 0 Å². The molecule has 0 aliphatic rings. The van der Waals surface area contributed by atoms with Gasteiger partial charge in [0.05, 0.1) is 0 Å². The van der Waals surface area contributed by atoms with Crippen molar-refractivity contribution in [3.05, 3.63) is 95.6 Å². The monoisotopic (exact) mass is 387 g/mol. The van der Waals surface area contributed by atoms with E-state index in [1.807, 2.05) is 36.4 Å². The van der Waals surface area contributed by atoms with Crippen molar-refractivity contribution in [2.75, 3.05) is 5.32 Å². The molecule has 0 bridgehead atoms. The Morgan fingerprint density at radius 1 is 0.931 bits per heavy atom. The highest BCUT2D eigenvalue weighted by atomic mass is 16.5. The molecule has 0 fully saturated rings. The molecule has 3 aromatic rings. The first-order chi connectivity index (χ1) is 14.1. The highest BCUT2D eigenvalue weighted by Crippen LogP contribution is 2.29. The van der Waals surface area contributed by atoms with Crippen LogP contribution >= 0.6 is 0 Å². The Morgan fingerprint density at radius 2 is 1.59 bits per heavy atom. The van der Waals surface area contributed by atoms with Gasteiger partial charge in [0.2, 0.25) is 5.91 Å². The van der Waals surface area contributed by atoms with Gasteiger partial charge in [0.1, 0.15) is 12.4 Å². The molecule has 0 radical (unpaired) electrons. The lowest BCUT2D eigenvalue weighted by molar-refractivity contribution is -0.114. The lowest BCUT2D eigenvalue weighted by atomic mass is 9.93. The predicted octanol–water partition coefficient (Wildman–Crippen LogP) is 6.35. The van der Waals surface area contributed by atoms with Gasteiger partial charge in [-0.1, -0.05) is 67.6 Å². The Hall–Kier alpha value is -3.07. The van der Waals surface area contributed by atoms with Crippen LogP contribution in [0.25, 0.3) is 0 Å². The van der Waals surface area contributed by atoms with E-state index in [2.05, 4.69) is 54.7 Å². The summed E-state index contributed by atoms with van der Waals surface area (Å²) in [7, 11) is 0. The quantitative estimate of drug-likeness (QED) is 0.464. The van der Waals surface area contributed by atoms with Crippen LogP contribution in [-0.2, 0) is 17.8 Å². The van der Waals surface area contributed by atoms with Gasteiger partial charge in [-0.3, -0.25) is 4.79 Å². The second-order valence-corrected chi connectivity index (χ2v) is 7.53. The number of rotatable bonds is 9. The molecule has 3 nitrogen and oxygen atoms in total. The van der Waals surface area contributed by atoms with Crippen molar-refractivity contribution in [1.29, 1.82) is 0 Å². The van der Waals surface area contributed by atoms with E-state index in [0.29, 0.717) is 12.5 Å². The summed E-state index contributed by atoms with van der Waals surface area (Å²) >= 11 is 0. The van der Waals surface area contributed by atoms with Gasteiger partial charge in [-0.15, -0.1) is 0 Å². The van der Waals surface area contributed by atoms with Gasteiger partial charge in [-0.2, -0.15) is 0 Å². The Labute approximate surface area is 173 Å². The molecule has 3 rings (SSSR count). The van der Waals surface area contributed by atoms with E-state index in [-0.39, 0.29) is 5.91 Å². The molecule has 1 N–H and O–H groups in total. The van der Waals surface area contributed by atoms with Gasteiger partial charge in [-0.25, -0.2) is 0 Å². The molecule has 0 aliphatic carbocycles. The topological polar surface area (TPSA) is 38.3 Å². The first-order valence-electron chi connectivity index (χ1n) is 10.2. The van der Waals surface area contributed by atoms with Crippen LogP contribution in [0.15, 0.2) is 78.9 Å². The highest BCUT2D eigenvalue weighted by Gasteiger charge is 2.11. The largest absolute Gasteiger partial charge is 0.489 e. The summed E-state index contributed by atoms with van der Waals surface area (Å²) in [6.07, 6.45) is 3.28. The number of benzene rings is 3. The molecule has 0 saturated heterocycles. The zero-order valence-corrected chi connectivity index (χ0v) is 17.2. The number of ether oxygens (including phenoxy) is 1. The number of hydrogen-bond donors (Lipinski definition) is 1. The van der Waals surface area contributed by atoms with Gasteiger partial charge in [0.25, 0.3) is 0 Å². The van der Waals surface area contributed by atoms with Gasteiger partial charge in [-0.05, 0) is 54.0 Å². The lowest BCUT2D eigenvalue weighted by Crippen LogP contribution is -2.07. The second kappa shape index (κ2) is 10.5. The molecule has 0 saturated carbocycles. The first kappa shape index (κ1) is 20.7. The molecule has 3 heteroatoms. The fourth-order valence-corrected chi connectivity index (χ4v) is 3.43. The van der Waals surface area contributed by atoms with Crippen LogP contribution in [0.1, 0.15) is 49.3 Å². The van der Waals surface area contributed by atoms with Crippen molar-refractivity contribution in [1.82, 2.24) is 0 Å². The maximum Gasteiger partial charge on any atom is 0.221 e. The normalized spacial score (nSPS) is 11.7. The number of carbonyl (C=O) groups excluding carboxylic acids is 1. The molecule has 1 unspecified atom stereocenters. The summed E-state index contributed by atoms with van der Waals surface area (Å²) in [4.78, 5) is 11.6. The summed E-state index contributed by atoms with van der Waals surface area (Å²) < 4.78 is 6.03. The lowest BCUT2D eigenvalue weighted by Gasteiger charge is -2.16. The van der Waals surface area contributed by atoms with Crippen LogP contribution in [0.3, 0.4) is 0 Å². The highest BCUT2D eigenvalue weighted by molar-refractivity contribution is 5.89. The third-order valence-corrected chi connectivity index (χ3v) is 5.01. The van der Waals surface area contributed by atoms with Gasteiger partial charge < -0.3 is 10.1 Å². The van der Waals surface area contributed by atoms with Crippen molar-refractivity contribution < 1.29 is 9.53 Å². The van der Waals surface area contributed by atoms with E-state index in [1.165, 1.54) is 18.1 Å². The smallest absolute Gasteiger partial charge is 0.221 e. The third kappa shape index (κ3) is 6.79. The minimum atomic E-state index is -0.0760. The van der Waals surface area contributed by atoms with Gasteiger partial charge in [0.15, 0.2) is 0 Å².